The summed E-state index contributed by atoms with van der Waals surface area (Å²) in [5, 5.41) is 4.51. The van der Waals surface area contributed by atoms with E-state index in [9.17, 15) is 9.59 Å². The van der Waals surface area contributed by atoms with Crippen LogP contribution in [0.15, 0.2) is 72.8 Å². The molecule has 5 rings (SSSR count). The van der Waals surface area contributed by atoms with Crippen molar-refractivity contribution in [3.63, 3.8) is 0 Å². The summed E-state index contributed by atoms with van der Waals surface area (Å²) in [7, 11) is 5.64. The Balaban J connectivity index is 1.35. The molecule has 8 heteroatoms. The van der Waals surface area contributed by atoms with Crippen molar-refractivity contribution in [2.45, 2.75) is 62.4 Å². The van der Waals surface area contributed by atoms with E-state index < -0.39 is 5.54 Å². The third-order valence-corrected chi connectivity index (χ3v) is 10.5. The molecule has 0 aromatic heterocycles. The lowest BCUT2D eigenvalue weighted by Crippen LogP contribution is -2.66. The number of carbonyl (C=O) groups is 2. The van der Waals surface area contributed by atoms with Crippen LogP contribution >= 0.6 is 23.2 Å². The number of halogens is 2. The minimum absolute atomic E-state index is 0.01000. The third-order valence-electron chi connectivity index (χ3n) is 9.76. The quantitative estimate of drug-likeness (QED) is 0.250. The number of hydrogen-bond donors (Lipinski definition) is 1. The molecule has 2 unspecified atom stereocenters. The SMILES string of the molecule is CN(C)C(=O)C1(N2CCCCC2CCC(CN(C)C(=O)c2ccc(-c3ccccc3)cc2)c2ccc(Cl)c(Cl)c2)CCNCC1. The largest absolute Gasteiger partial charge is 0.347 e. The minimum atomic E-state index is -0.461. The van der Waals surface area contributed by atoms with Crippen molar-refractivity contribution in [3.8, 4) is 11.1 Å². The van der Waals surface area contributed by atoms with Gasteiger partial charge < -0.3 is 15.1 Å². The Bertz CT molecular complexity index is 1440. The van der Waals surface area contributed by atoms with Crippen molar-refractivity contribution in [3.05, 3.63) is 94.0 Å². The number of carbonyl (C=O) groups excluding carboxylic acids is 2. The molecule has 2 fully saturated rings. The first kappa shape index (κ1) is 33.5. The molecule has 3 aromatic rings. The molecule has 2 aliphatic heterocycles. The van der Waals surface area contributed by atoms with Gasteiger partial charge in [0.25, 0.3) is 5.91 Å². The predicted molar refractivity (Wildman–Crippen MR) is 185 cm³/mol. The molecule has 0 aliphatic carbocycles. The van der Waals surface area contributed by atoms with E-state index in [0.717, 1.165) is 74.8 Å². The van der Waals surface area contributed by atoms with Gasteiger partial charge in [-0.15, -0.1) is 0 Å². The Morgan fingerprint density at radius 2 is 1.60 bits per heavy atom. The van der Waals surface area contributed by atoms with Crippen LogP contribution in [0, 0.1) is 0 Å². The second-order valence-electron chi connectivity index (χ2n) is 12.9. The zero-order valence-corrected chi connectivity index (χ0v) is 28.3. The number of likely N-dealkylation sites (N-methyl/N-ethyl adjacent to an activating group) is 2. The number of rotatable bonds is 10. The van der Waals surface area contributed by atoms with Crippen molar-refractivity contribution in [2.24, 2.45) is 0 Å². The molecule has 0 saturated carbocycles. The fourth-order valence-corrected chi connectivity index (χ4v) is 7.64. The normalized spacial score (nSPS) is 19.1. The van der Waals surface area contributed by atoms with E-state index in [0.29, 0.717) is 28.2 Å². The van der Waals surface area contributed by atoms with Crippen molar-refractivity contribution in [2.75, 3.05) is 47.3 Å². The first-order valence-electron chi connectivity index (χ1n) is 16.2. The van der Waals surface area contributed by atoms with Gasteiger partial charge in [-0.1, -0.05) is 78.2 Å². The molecule has 0 bridgehead atoms. The molecule has 240 valence electrons. The number of hydrogen-bond acceptors (Lipinski definition) is 4. The maximum Gasteiger partial charge on any atom is 0.253 e. The molecule has 45 heavy (non-hydrogen) atoms. The van der Waals surface area contributed by atoms with Gasteiger partial charge in [0.2, 0.25) is 5.91 Å². The van der Waals surface area contributed by atoms with Crippen molar-refractivity contribution in [1.82, 2.24) is 20.0 Å². The van der Waals surface area contributed by atoms with Crippen molar-refractivity contribution >= 4 is 35.0 Å². The molecule has 6 nitrogen and oxygen atoms in total. The Labute approximate surface area is 278 Å². The molecular weight excluding hydrogens is 603 g/mol. The zero-order valence-electron chi connectivity index (χ0n) is 26.8. The molecule has 1 N–H and O–H groups in total. The number of benzene rings is 3. The average molecular weight is 650 g/mol. The second-order valence-corrected chi connectivity index (χ2v) is 13.7. The molecule has 2 saturated heterocycles. The van der Waals surface area contributed by atoms with E-state index in [1.807, 2.05) is 86.7 Å². The summed E-state index contributed by atoms with van der Waals surface area (Å²) in [6, 6.07) is 24.2. The topological polar surface area (TPSA) is 55.9 Å². The van der Waals surface area contributed by atoms with Crippen LogP contribution in [0.1, 0.15) is 66.8 Å². The van der Waals surface area contributed by atoms with Crippen LogP contribution in [0.4, 0.5) is 0 Å². The maximum atomic E-state index is 13.7. The number of nitrogens with one attached hydrogen (secondary N) is 1. The Kier molecular flexibility index (Phi) is 11.2. The Morgan fingerprint density at radius 1 is 0.911 bits per heavy atom. The van der Waals surface area contributed by atoms with Crippen LogP contribution in [0.5, 0.6) is 0 Å². The highest BCUT2D eigenvalue weighted by Crippen LogP contribution is 2.38. The highest BCUT2D eigenvalue weighted by atomic mass is 35.5. The summed E-state index contributed by atoms with van der Waals surface area (Å²) >= 11 is 12.8. The van der Waals surface area contributed by atoms with Gasteiger partial charge in [0, 0.05) is 45.2 Å². The van der Waals surface area contributed by atoms with Gasteiger partial charge in [-0.3, -0.25) is 14.5 Å². The minimum Gasteiger partial charge on any atom is -0.347 e. The van der Waals surface area contributed by atoms with Gasteiger partial charge in [0.05, 0.1) is 10.0 Å². The number of piperidine rings is 2. The first-order chi connectivity index (χ1) is 21.7. The van der Waals surface area contributed by atoms with E-state index in [-0.39, 0.29) is 17.7 Å². The van der Waals surface area contributed by atoms with E-state index in [1.165, 1.54) is 6.42 Å². The smallest absolute Gasteiger partial charge is 0.253 e. The maximum absolute atomic E-state index is 13.7. The molecule has 2 atom stereocenters. The molecule has 2 aliphatic rings. The molecule has 2 amide bonds. The van der Waals surface area contributed by atoms with Gasteiger partial charge in [0.1, 0.15) is 5.54 Å². The van der Waals surface area contributed by atoms with Crippen LogP contribution in [0.2, 0.25) is 10.0 Å². The lowest BCUT2D eigenvalue weighted by Gasteiger charge is -2.51. The van der Waals surface area contributed by atoms with Crippen molar-refractivity contribution < 1.29 is 9.59 Å². The molecular formula is C37H46Cl2N4O2. The highest BCUT2D eigenvalue weighted by Gasteiger charge is 2.48. The summed E-state index contributed by atoms with van der Waals surface area (Å²) < 4.78 is 0. The van der Waals surface area contributed by atoms with Gasteiger partial charge in [-0.25, -0.2) is 0 Å². The predicted octanol–water partition coefficient (Wildman–Crippen LogP) is 7.36. The summed E-state index contributed by atoms with van der Waals surface area (Å²) in [5.74, 6) is 0.277. The van der Waals surface area contributed by atoms with Crippen molar-refractivity contribution in [1.29, 1.82) is 0 Å². The highest BCUT2D eigenvalue weighted by molar-refractivity contribution is 6.42. The molecule has 0 spiro atoms. The summed E-state index contributed by atoms with van der Waals surface area (Å²) in [5.41, 5.74) is 3.49. The van der Waals surface area contributed by atoms with E-state index >= 15 is 0 Å². The molecule has 3 aromatic carbocycles. The number of amides is 2. The monoisotopic (exact) mass is 648 g/mol. The standard InChI is InChI=1S/C37H46Cl2N4O2/c1-41(2)36(45)37(20-22-40-23-21-37)43-24-8-7-11-32(43)18-16-31(30-17-19-33(38)34(39)25-30)26-42(3)35(44)29-14-12-28(13-15-29)27-9-5-4-6-10-27/h4-6,9-10,12-15,17,19,25,31-32,40H,7-8,11,16,18,20-24,26H2,1-3H3. The average Bonchev–Trinajstić information content (AvgIpc) is 3.08. The number of nitrogens with zero attached hydrogens (tertiary/aromatic N) is 3. The van der Waals surface area contributed by atoms with Crippen LogP contribution in [-0.2, 0) is 4.79 Å². The molecule has 2 heterocycles. The van der Waals surface area contributed by atoms with Gasteiger partial charge >= 0.3 is 0 Å². The van der Waals surface area contributed by atoms with Crippen LogP contribution in [0.25, 0.3) is 11.1 Å². The lowest BCUT2D eigenvalue weighted by molar-refractivity contribution is -0.148. The lowest BCUT2D eigenvalue weighted by atomic mass is 9.80. The fraction of sp³-hybridized carbons (Fsp3) is 0.459. The Hall–Kier alpha value is -2.90. The van der Waals surface area contributed by atoms with E-state index in [4.69, 9.17) is 23.2 Å². The number of likely N-dealkylation sites (tertiary alicyclic amines) is 1. The van der Waals surface area contributed by atoms with Gasteiger partial charge in [-0.2, -0.15) is 0 Å². The third kappa shape index (κ3) is 7.74. The van der Waals surface area contributed by atoms with Gasteiger partial charge in [-0.05, 0) is 99.1 Å². The van der Waals surface area contributed by atoms with Crippen LogP contribution < -0.4 is 5.32 Å². The summed E-state index contributed by atoms with van der Waals surface area (Å²) in [4.78, 5) is 33.5. The van der Waals surface area contributed by atoms with E-state index in [2.05, 4.69) is 22.3 Å². The van der Waals surface area contributed by atoms with Crippen LogP contribution in [0.3, 0.4) is 0 Å². The second kappa shape index (κ2) is 15.1. The zero-order chi connectivity index (χ0) is 32.0. The summed E-state index contributed by atoms with van der Waals surface area (Å²) in [6.07, 6.45) is 6.83. The fourth-order valence-electron chi connectivity index (χ4n) is 7.34. The van der Waals surface area contributed by atoms with E-state index in [1.54, 1.807) is 4.90 Å². The van der Waals surface area contributed by atoms with Crippen LogP contribution in [-0.4, -0.2) is 85.4 Å². The Morgan fingerprint density at radius 3 is 2.27 bits per heavy atom. The van der Waals surface area contributed by atoms with Gasteiger partial charge in [0.15, 0.2) is 0 Å². The summed E-state index contributed by atoms with van der Waals surface area (Å²) in [6.45, 7) is 3.20. The first-order valence-corrected chi connectivity index (χ1v) is 17.0. The molecule has 0 radical (unpaired) electrons.